The maximum atomic E-state index is 12.5. The second-order valence-electron chi connectivity index (χ2n) is 24.8. The van der Waals surface area contributed by atoms with Gasteiger partial charge in [-0.15, -0.1) is 0 Å². The van der Waals surface area contributed by atoms with Gasteiger partial charge in [-0.05, 0) is 144 Å². The number of allylic oxidation sites excluding steroid dienone is 6. The first-order valence-corrected chi connectivity index (χ1v) is 26.9. The van der Waals surface area contributed by atoms with E-state index in [9.17, 15) is 69.2 Å². The molecule has 82 heavy (non-hydrogen) atoms. The minimum absolute atomic E-state index is 0. The van der Waals surface area contributed by atoms with Crippen molar-refractivity contribution in [3.8, 4) is 0 Å². The first-order valence-electron chi connectivity index (χ1n) is 26.9. The number of rotatable bonds is 4. The molecule has 0 unspecified atom stereocenters. The van der Waals surface area contributed by atoms with Gasteiger partial charge in [0, 0.05) is 16.2 Å². The van der Waals surface area contributed by atoms with Crippen LogP contribution in [0.25, 0.3) is 0 Å². The van der Waals surface area contributed by atoms with E-state index in [1.54, 1.807) is 62.3 Å². The molecule has 3 aromatic rings. The maximum Gasteiger partial charge on any atom is 3.00 e. The summed E-state index contributed by atoms with van der Waals surface area (Å²) in [6.07, 6.45) is -11.9. The van der Waals surface area contributed by atoms with E-state index in [1.165, 1.54) is 0 Å². The second-order valence-corrected chi connectivity index (χ2v) is 24.8. The largest absolute Gasteiger partial charge is 3.00 e. The summed E-state index contributed by atoms with van der Waals surface area (Å²) < 4.78 is 124. The number of nitrogens with zero attached hydrogens (tertiary/aromatic N) is 3. The summed E-state index contributed by atoms with van der Waals surface area (Å²) in [6.45, 7) is 19.8. The van der Waals surface area contributed by atoms with E-state index in [1.807, 2.05) is 54.6 Å². The van der Waals surface area contributed by atoms with Crippen LogP contribution >= 0.6 is 0 Å². The van der Waals surface area contributed by atoms with E-state index in [-0.39, 0.29) is 73.7 Å². The van der Waals surface area contributed by atoms with Gasteiger partial charge in [0.05, 0.1) is 12.1 Å². The molecule has 6 bridgehead atoms. The van der Waals surface area contributed by atoms with Crippen LogP contribution in [0, 0.1) is 99.6 Å². The van der Waals surface area contributed by atoms with Crippen LogP contribution in [0.5, 0.6) is 0 Å². The average Bonchev–Trinajstić information content (AvgIpc) is 2.34. The van der Waals surface area contributed by atoms with Crippen molar-refractivity contribution in [3.05, 3.63) is 135 Å². The molecule has 21 heteroatoms. The predicted molar refractivity (Wildman–Crippen MR) is 275 cm³/mol. The average molecular weight is 1290 g/mol. The third kappa shape index (κ3) is 10.7. The number of Topliss-reactive ketones (excluding diaryl/α,β-unsaturated/α-hetero) is 3. The van der Waals surface area contributed by atoms with Crippen molar-refractivity contribution in [2.45, 2.75) is 158 Å². The fraction of sp³-hybridized carbons (Fsp3) is 0.541. The summed E-state index contributed by atoms with van der Waals surface area (Å²) in [7, 11) is 0. The van der Waals surface area contributed by atoms with Crippen LogP contribution in [0.4, 0.5) is 39.5 Å². The molecule has 0 spiro atoms. The first-order chi connectivity index (χ1) is 37.3. The molecule has 0 radical (unpaired) electrons. The van der Waals surface area contributed by atoms with E-state index in [2.05, 4.69) is 38.1 Å². The van der Waals surface area contributed by atoms with E-state index < -0.39 is 120 Å². The number of carbonyl (C=O) groups is 3. The molecular weight excluding hydrogens is 1230 g/mol. The molecule has 11 nitrogen and oxygen atoms in total. The van der Waals surface area contributed by atoms with E-state index in [4.69, 9.17) is 24.4 Å². The van der Waals surface area contributed by atoms with E-state index in [0.717, 1.165) is 11.1 Å². The molecule has 6 fully saturated rings. The van der Waals surface area contributed by atoms with Gasteiger partial charge in [-0.2, -0.15) is 39.5 Å². The fourth-order valence-corrected chi connectivity index (χ4v) is 13.8. The van der Waals surface area contributed by atoms with Gasteiger partial charge >= 0.3 is 67.9 Å². The zero-order valence-corrected chi connectivity index (χ0v) is 49.6. The molecule has 3 heterocycles. The zero-order valence-electron chi connectivity index (χ0n) is 47.2. The summed E-state index contributed by atoms with van der Waals surface area (Å²) in [5.74, 6) is -8.13. The van der Waals surface area contributed by atoms with Gasteiger partial charge in [0.2, 0.25) is 11.8 Å². The van der Waals surface area contributed by atoms with Crippen molar-refractivity contribution < 1.29 is 128 Å². The Labute approximate surface area is 511 Å². The van der Waals surface area contributed by atoms with Gasteiger partial charge in [0.1, 0.15) is 23.6 Å². The van der Waals surface area contributed by atoms with Crippen molar-refractivity contribution in [2.75, 3.05) is 0 Å². The van der Waals surface area contributed by atoms with E-state index >= 15 is 0 Å². The number of ketones is 3. The topological polar surface area (TPSA) is 176 Å². The Morgan fingerprint density at radius 1 is 0.463 bits per heavy atom. The van der Waals surface area contributed by atoms with Gasteiger partial charge in [-0.3, -0.25) is 14.4 Å². The number of halogens is 9. The minimum atomic E-state index is -4.94. The first kappa shape index (κ1) is 64.7. The number of alkyl halides is 9. The van der Waals surface area contributed by atoms with Crippen molar-refractivity contribution in [1.29, 1.82) is 0 Å². The second kappa shape index (κ2) is 22.2. The molecule has 10 atom stereocenters. The molecule has 11 rings (SSSR count). The standard InChI is InChI=1S/C25H23N3O2.3C12H15F3O2.Eu/c1-16-22(18-10-5-3-6-11-18)29-24(26-16)20-14-9-15-21(28-20)25-27-17(2)23(30-25)19-12-7-4-8-13-19;3*1-10(2)6-4-5-11(10,3)8(16)7(6)9(17)12(13,14)15;/h3-17,22-23H,1-2H3;3*6,17H,4-5H2,1-3H3;/q;;;;+3/p-3/b;3*9-7-;/t16-,17-,22+,23+;3*6-,11+;/m0111./s1. The third-order valence-corrected chi connectivity index (χ3v) is 19.9. The van der Waals surface area contributed by atoms with Gasteiger partial charge in [0.25, 0.3) is 0 Å². The van der Waals surface area contributed by atoms with Crippen molar-refractivity contribution in [3.63, 3.8) is 0 Å². The Bertz CT molecular complexity index is 2890. The van der Waals surface area contributed by atoms with Crippen LogP contribution in [0.15, 0.2) is 123 Å². The Balaban J connectivity index is 0.000000163. The number of fused-ring (bicyclic) bond motifs is 6. The van der Waals surface area contributed by atoms with E-state index in [0.29, 0.717) is 61.7 Å². The Morgan fingerprint density at radius 3 is 0.963 bits per heavy atom. The quantitative estimate of drug-likeness (QED) is 0.140. The number of hydrogen-bond donors (Lipinski definition) is 0. The third-order valence-electron chi connectivity index (χ3n) is 19.9. The molecule has 0 amide bonds. The zero-order chi connectivity index (χ0) is 60.2. The normalized spacial score (nSPS) is 33.3. The SMILES string of the molecule is CC1(C)[C@@H]2CC[C@@]1(C)C(=O)/C2=C(\[O-])C(F)(F)F.CC1(C)[C@@H]2CC[C@@]1(C)C(=O)/C2=C(\[O-])C(F)(F)F.CC1(C)[C@@H]2CC[C@@]1(C)C(=O)/C2=C(\[O-])C(F)(F)F.C[C@@H]1N=C(c2cccc(C3=N[C@@H](C)[C@H](c4ccccc4)O3)n2)O[C@H]1c1ccccc1.[Eu+3]. The van der Waals surface area contributed by atoms with Crippen LogP contribution < -0.4 is 15.3 Å². The Morgan fingerprint density at radius 2 is 0.732 bits per heavy atom. The minimum Gasteiger partial charge on any atom is -0.869 e. The van der Waals surface area contributed by atoms with Crippen LogP contribution in [-0.4, -0.2) is 64.7 Å². The molecule has 442 valence electrons. The molecule has 2 aliphatic heterocycles. The summed E-state index contributed by atoms with van der Waals surface area (Å²) >= 11 is 0. The molecule has 6 saturated carbocycles. The number of ether oxygens (including phenoxy) is 2. The fourth-order valence-electron chi connectivity index (χ4n) is 13.8. The van der Waals surface area contributed by atoms with Crippen LogP contribution in [0.1, 0.15) is 149 Å². The van der Waals surface area contributed by atoms with Crippen molar-refractivity contribution in [1.82, 2.24) is 4.98 Å². The number of aliphatic imine (C=N–C) groups is 2. The number of pyridine rings is 1. The van der Waals surface area contributed by atoms with Gasteiger partial charge < -0.3 is 24.8 Å². The molecule has 0 N–H and O–H groups in total. The van der Waals surface area contributed by atoms with Gasteiger partial charge in [-0.25, -0.2) is 15.0 Å². The predicted octanol–water partition coefficient (Wildman–Crippen LogP) is 11.5. The number of benzene rings is 2. The van der Waals surface area contributed by atoms with Crippen LogP contribution in [-0.2, 0) is 23.9 Å². The molecule has 6 aliphatic carbocycles. The van der Waals surface area contributed by atoms with Crippen LogP contribution in [0.3, 0.4) is 0 Å². The van der Waals surface area contributed by atoms with Crippen LogP contribution in [0.2, 0.25) is 0 Å². The van der Waals surface area contributed by atoms with Crippen molar-refractivity contribution >= 4 is 29.1 Å². The summed E-state index contributed by atoms with van der Waals surface area (Å²) in [5.41, 5.74) is -2.04. The molecule has 2 aromatic carbocycles. The molecule has 8 aliphatic rings. The number of carbonyl (C=O) groups excluding carboxylic acids is 3. The number of hydrogen-bond acceptors (Lipinski definition) is 11. The monoisotopic (exact) mass is 1290 g/mol. The summed E-state index contributed by atoms with van der Waals surface area (Å²) in [4.78, 5) is 50.3. The summed E-state index contributed by atoms with van der Waals surface area (Å²) in [6, 6.07) is 26.1. The van der Waals surface area contributed by atoms with Gasteiger partial charge in [0.15, 0.2) is 17.3 Å². The molecular formula is C61H65EuF9N3O8. The Hall–Kier alpha value is -4.89. The van der Waals surface area contributed by atoms with Crippen molar-refractivity contribution in [2.24, 2.45) is 60.2 Å². The van der Waals surface area contributed by atoms with Gasteiger partial charge in [-0.1, -0.05) is 129 Å². The molecule has 1 aromatic heterocycles. The Kier molecular flexibility index (Phi) is 17.5. The maximum absolute atomic E-state index is 12.5. The summed E-state index contributed by atoms with van der Waals surface area (Å²) in [5, 5.41) is 33.9. The number of aromatic nitrogens is 1. The molecule has 0 saturated heterocycles. The smallest absolute Gasteiger partial charge is 0.869 e.